The van der Waals surface area contributed by atoms with Crippen molar-refractivity contribution in [3.05, 3.63) is 59.2 Å². The van der Waals surface area contributed by atoms with Gasteiger partial charge in [-0.25, -0.2) is 0 Å². The largest absolute Gasteiger partial charge is 0.336 e. The molecule has 0 spiro atoms. The molecule has 1 unspecified atom stereocenters. The summed E-state index contributed by atoms with van der Waals surface area (Å²) in [6.07, 6.45) is 4.77. The van der Waals surface area contributed by atoms with Gasteiger partial charge in [0.15, 0.2) is 0 Å². The number of carbonyl (C=O) groups is 1. The molecule has 0 aromatic heterocycles. The van der Waals surface area contributed by atoms with Crippen molar-refractivity contribution >= 4 is 5.91 Å². The molecular weight excluding hydrogens is 344 g/mol. The first-order valence-electron chi connectivity index (χ1n) is 10.8. The zero-order valence-corrected chi connectivity index (χ0v) is 17.4. The van der Waals surface area contributed by atoms with E-state index in [1.807, 2.05) is 4.90 Å². The molecule has 0 radical (unpaired) electrons. The van der Waals surface area contributed by atoms with Gasteiger partial charge in [0.05, 0.1) is 6.04 Å². The van der Waals surface area contributed by atoms with Gasteiger partial charge in [0, 0.05) is 26.1 Å². The van der Waals surface area contributed by atoms with E-state index < -0.39 is 0 Å². The lowest BCUT2D eigenvalue weighted by Crippen LogP contribution is -2.37. The summed E-state index contributed by atoms with van der Waals surface area (Å²) in [5.74, 6) is 0.168. The van der Waals surface area contributed by atoms with Gasteiger partial charge in [-0.1, -0.05) is 42.5 Å². The van der Waals surface area contributed by atoms with E-state index in [0.717, 1.165) is 25.4 Å². The lowest BCUT2D eigenvalue weighted by molar-refractivity contribution is -0.131. The maximum absolute atomic E-state index is 11.8. The maximum atomic E-state index is 11.8. The number of hydrogen-bond donors (Lipinski definition) is 0. The summed E-state index contributed by atoms with van der Waals surface area (Å²) < 4.78 is 0. The zero-order chi connectivity index (χ0) is 19.7. The van der Waals surface area contributed by atoms with Crippen molar-refractivity contribution in [1.82, 2.24) is 9.80 Å². The number of hydrogen-bond acceptors (Lipinski definition) is 2. The summed E-state index contributed by atoms with van der Waals surface area (Å²) in [6.45, 7) is 9.40. The Morgan fingerprint density at radius 3 is 2.46 bits per heavy atom. The molecule has 148 valence electrons. The van der Waals surface area contributed by atoms with Crippen molar-refractivity contribution in [3.63, 3.8) is 0 Å². The lowest BCUT2D eigenvalue weighted by Gasteiger charge is -2.34. The number of likely N-dealkylation sites (tertiary alicyclic amines) is 1. The monoisotopic (exact) mass is 376 g/mol. The van der Waals surface area contributed by atoms with Crippen LogP contribution in [0.5, 0.6) is 0 Å². The van der Waals surface area contributed by atoms with Gasteiger partial charge in [0.25, 0.3) is 0 Å². The Balaban J connectivity index is 1.45. The first kappa shape index (κ1) is 19.2. The van der Waals surface area contributed by atoms with Gasteiger partial charge in [-0.2, -0.15) is 0 Å². The van der Waals surface area contributed by atoms with Crippen molar-refractivity contribution in [2.45, 2.75) is 58.5 Å². The summed E-state index contributed by atoms with van der Waals surface area (Å²) in [5, 5.41) is 0. The molecule has 0 saturated carbocycles. The van der Waals surface area contributed by atoms with E-state index >= 15 is 0 Å². The summed E-state index contributed by atoms with van der Waals surface area (Å²) >= 11 is 0. The van der Waals surface area contributed by atoms with Gasteiger partial charge < -0.3 is 9.80 Å². The minimum absolute atomic E-state index is 0.168. The number of carbonyl (C=O) groups excluding carboxylic acids is 1. The summed E-state index contributed by atoms with van der Waals surface area (Å²) in [7, 11) is 0. The average Bonchev–Trinajstić information content (AvgIpc) is 3.11. The molecule has 3 nitrogen and oxygen atoms in total. The van der Waals surface area contributed by atoms with Crippen LogP contribution in [0, 0.1) is 0 Å². The molecule has 0 N–H and O–H groups in total. The first-order valence-corrected chi connectivity index (χ1v) is 10.8. The highest BCUT2D eigenvalue weighted by atomic mass is 16.2. The highest BCUT2D eigenvalue weighted by Gasteiger charge is 2.25. The Bertz CT molecular complexity index is 842. The molecule has 1 amide bonds. The molecule has 28 heavy (non-hydrogen) atoms. The van der Waals surface area contributed by atoms with Gasteiger partial charge in [-0.3, -0.25) is 4.79 Å². The molecule has 2 heterocycles. The second kappa shape index (κ2) is 8.08. The van der Waals surface area contributed by atoms with E-state index in [-0.39, 0.29) is 11.9 Å². The highest BCUT2D eigenvalue weighted by Crippen LogP contribution is 2.32. The smallest absolute Gasteiger partial charge is 0.219 e. The molecule has 0 aliphatic carbocycles. The fourth-order valence-corrected chi connectivity index (χ4v) is 4.90. The standard InChI is InChI=1S/C25H32N2O/c1-18-5-4-14-26(18)15-12-21-6-8-22(9-7-21)23-10-11-25-19(2)27(20(3)28)16-13-24(25)17-23/h6-11,17-19H,4-5,12-16H2,1-3H3/t18-,19?/m1/s1. The van der Waals surface area contributed by atoms with Gasteiger partial charge in [-0.05, 0) is 73.9 Å². The van der Waals surface area contributed by atoms with Crippen molar-refractivity contribution in [1.29, 1.82) is 0 Å². The highest BCUT2D eigenvalue weighted by molar-refractivity contribution is 5.74. The van der Waals surface area contributed by atoms with Crippen LogP contribution < -0.4 is 0 Å². The Kier molecular flexibility index (Phi) is 5.54. The van der Waals surface area contributed by atoms with E-state index in [0.29, 0.717) is 0 Å². The van der Waals surface area contributed by atoms with Crippen molar-refractivity contribution < 1.29 is 4.79 Å². The Labute approximate surface area is 169 Å². The molecular formula is C25H32N2O. The van der Waals surface area contributed by atoms with E-state index in [9.17, 15) is 4.79 Å². The van der Waals surface area contributed by atoms with Crippen LogP contribution in [0.15, 0.2) is 42.5 Å². The fourth-order valence-electron chi connectivity index (χ4n) is 4.90. The third kappa shape index (κ3) is 3.86. The van der Waals surface area contributed by atoms with E-state index in [1.54, 1.807) is 6.92 Å². The average molecular weight is 377 g/mol. The van der Waals surface area contributed by atoms with E-state index in [2.05, 4.69) is 61.2 Å². The SMILES string of the molecule is CC(=O)N1CCc2cc(-c3ccc(CCN4CCC[C@H]4C)cc3)ccc2C1C. The fraction of sp³-hybridized carbons (Fsp3) is 0.480. The quantitative estimate of drug-likeness (QED) is 0.762. The normalized spacial score (nSPS) is 22.3. The van der Waals surface area contributed by atoms with E-state index in [1.165, 1.54) is 53.7 Å². The molecule has 2 aromatic rings. The number of rotatable bonds is 4. The molecule has 2 aromatic carbocycles. The molecule has 1 saturated heterocycles. The molecule has 2 aliphatic heterocycles. The number of amides is 1. The van der Waals surface area contributed by atoms with Gasteiger partial charge in [0.1, 0.15) is 0 Å². The first-order chi connectivity index (χ1) is 13.5. The van der Waals surface area contributed by atoms with Crippen LogP contribution in [0.3, 0.4) is 0 Å². The third-order valence-corrected chi connectivity index (χ3v) is 6.75. The van der Waals surface area contributed by atoms with E-state index in [4.69, 9.17) is 0 Å². The Morgan fingerprint density at radius 1 is 1.04 bits per heavy atom. The van der Waals surface area contributed by atoms with Crippen LogP contribution in [-0.4, -0.2) is 41.4 Å². The van der Waals surface area contributed by atoms with Crippen LogP contribution in [0.1, 0.15) is 56.3 Å². The summed E-state index contributed by atoms with van der Waals surface area (Å²) in [6, 6.07) is 16.8. The number of benzene rings is 2. The molecule has 4 rings (SSSR count). The van der Waals surface area contributed by atoms with Crippen molar-refractivity contribution in [2.75, 3.05) is 19.6 Å². The van der Waals surface area contributed by atoms with Crippen LogP contribution in [0.2, 0.25) is 0 Å². The summed E-state index contributed by atoms with van der Waals surface area (Å²) in [4.78, 5) is 16.4. The van der Waals surface area contributed by atoms with Gasteiger partial charge >= 0.3 is 0 Å². The predicted octanol–water partition coefficient (Wildman–Crippen LogP) is 4.85. The van der Waals surface area contributed by atoms with Gasteiger partial charge in [-0.15, -0.1) is 0 Å². The number of fused-ring (bicyclic) bond motifs is 1. The lowest BCUT2D eigenvalue weighted by atomic mass is 9.90. The topological polar surface area (TPSA) is 23.6 Å². The van der Waals surface area contributed by atoms with Gasteiger partial charge in [0.2, 0.25) is 5.91 Å². The minimum atomic E-state index is 0.168. The molecule has 0 bridgehead atoms. The minimum Gasteiger partial charge on any atom is -0.336 e. The maximum Gasteiger partial charge on any atom is 0.219 e. The Hall–Kier alpha value is -2.13. The van der Waals surface area contributed by atoms with Crippen molar-refractivity contribution in [3.8, 4) is 11.1 Å². The van der Waals surface area contributed by atoms with Crippen molar-refractivity contribution in [2.24, 2.45) is 0 Å². The zero-order valence-electron chi connectivity index (χ0n) is 17.4. The van der Waals surface area contributed by atoms with Crippen LogP contribution in [0.25, 0.3) is 11.1 Å². The molecule has 2 atom stereocenters. The molecule has 3 heteroatoms. The van der Waals surface area contributed by atoms with Crippen LogP contribution in [-0.2, 0) is 17.6 Å². The molecule has 1 fully saturated rings. The summed E-state index contributed by atoms with van der Waals surface area (Å²) in [5.41, 5.74) is 6.66. The number of nitrogens with zero attached hydrogens (tertiary/aromatic N) is 2. The second-order valence-electron chi connectivity index (χ2n) is 8.53. The predicted molar refractivity (Wildman–Crippen MR) is 115 cm³/mol. The molecule has 2 aliphatic rings. The second-order valence-corrected chi connectivity index (χ2v) is 8.53. The Morgan fingerprint density at radius 2 is 1.79 bits per heavy atom. The van der Waals surface area contributed by atoms with Crippen LogP contribution >= 0.6 is 0 Å². The van der Waals surface area contributed by atoms with Crippen LogP contribution in [0.4, 0.5) is 0 Å². The third-order valence-electron chi connectivity index (χ3n) is 6.75.